The van der Waals surface area contributed by atoms with Crippen LogP contribution in [0.3, 0.4) is 0 Å². The van der Waals surface area contributed by atoms with Gasteiger partial charge in [0.15, 0.2) is 0 Å². The number of rotatable bonds is 2. The van der Waals surface area contributed by atoms with Crippen LogP contribution >= 0.6 is 15.9 Å². The van der Waals surface area contributed by atoms with Gasteiger partial charge in [0.25, 0.3) is 0 Å². The van der Waals surface area contributed by atoms with Crippen molar-refractivity contribution in [3.8, 4) is 16.9 Å². The molecule has 0 aliphatic carbocycles. The fourth-order valence-corrected chi connectivity index (χ4v) is 2.15. The summed E-state index contributed by atoms with van der Waals surface area (Å²) in [4.78, 5) is 0. The molecular weight excluding hydrogens is 268 g/mol. The lowest BCUT2D eigenvalue weighted by atomic mass is 10.00. The molecule has 0 saturated carbocycles. The molecule has 2 aromatic carbocycles. The van der Waals surface area contributed by atoms with E-state index in [1.807, 2.05) is 30.3 Å². The Hall–Kier alpha value is -1.32. The highest BCUT2D eigenvalue weighted by Crippen LogP contribution is 2.30. The lowest BCUT2D eigenvalue weighted by molar-refractivity contribution is 0.282. The standard InChI is InChI=1S/C13H11BrO2/c14-11-5-10(6-12(16)7-11)13-4-2-1-3-9(13)8-15/h1-7,15-16H,8H2. The van der Waals surface area contributed by atoms with Gasteiger partial charge in [-0.1, -0.05) is 40.2 Å². The van der Waals surface area contributed by atoms with Crippen LogP contribution in [0.1, 0.15) is 5.56 Å². The van der Waals surface area contributed by atoms with Gasteiger partial charge in [-0.3, -0.25) is 0 Å². The molecule has 82 valence electrons. The van der Waals surface area contributed by atoms with Crippen LogP contribution in [0.4, 0.5) is 0 Å². The van der Waals surface area contributed by atoms with Crippen LogP contribution < -0.4 is 0 Å². The lowest BCUT2D eigenvalue weighted by Crippen LogP contribution is -1.88. The Labute approximate surface area is 102 Å². The molecule has 0 aromatic heterocycles. The van der Waals surface area contributed by atoms with Crippen LogP contribution in [0.5, 0.6) is 5.75 Å². The zero-order valence-corrected chi connectivity index (χ0v) is 10.1. The molecule has 3 heteroatoms. The minimum absolute atomic E-state index is 0.0105. The first-order valence-corrected chi connectivity index (χ1v) is 5.68. The molecule has 16 heavy (non-hydrogen) atoms. The van der Waals surface area contributed by atoms with E-state index in [1.165, 1.54) is 0 Å². The summed E-state index contributed by atoms with van der Waals surface area (Å²) < 4.78 is 0.815. The van der Waals surface area contributed by atoms with Crippen molar-refractivity contribution < 1.29 is 10.2 Å². The van der Waals surface area contributed by atoms with Crippen LogP contribution in [0.2, 0.25) is 0 Å². The number of phenolic OH excluding ortho intramolecular Hbond substituents is 1. The highest BCUT2D eigenvalue weighted by atomic mass is 79.9. The fraction of sp³-hybridized carbons (Fsp3) is 0.0769. The first kappa shape index (κ1) is 11.2. The third kappa shape index (κ3) is 2.26. The molecule has 0 fully saturated rings. The minimum Gasteiger partial charge on any atom is -0.508 e. The van der Waals surface area contributed by atoms with Crippen molar-refractivity contribution in [3.63, 3.8) is 0 Å². The SMILES string of the molecule is OCc1ccccc1-c1cc(O)cc(Br)c1. The van der Waals surface area contributed by atoms with Crippen LogP contribution in [0.25, 0.3) is 11.1 Å². The van der Waals surface area contributed by atoms with E-state index in [4.69, 9.17) is 0 Å². The maximum atomic E-state index is 9.53. The second-order valence-corrected chi connectivity index (χ2v) is 4.43. The van der Waals surface area contributed by atoms with E-state index in [9.17, 15) is 10.2 Å². The number of hydrogen-bond acceptors (Lipinski definition) is 2. The molecular formula is C13H11BrO2. The molecule has 2 N–H and O–H groups in total. The van der Waals surface area contributed by atoms with Crippen molar-refractivity contribution >= 4 is 15.9 Å². The number of halogens is 1. The van der Waals surface area contributed by atoms with Gasteiger partial charge in [0.05, 0.1) is 6.61 Å². The Balaban J connectivity index is 2.58. The van der Waals surface area contributed by atoms with Crippen molar-refractivity contribution in [1.29, 1.82) is 0 Å². The molecule has 0 amide bonds. The predicted octanol–water partition coefficient (Wildman–Crippen LogP) is 3.31. The van der Waals surface area contributed by atoms with Crippen LogP contribution in [-0.2, 0) is 6.61 Å². The first-order valence-electron chi connectivity index (χ1n) is 4.89. The van der Waals surface area contributed by atoms with Crippen molar-refractivity contribution in [2.75, 3.05) is 0 Å². The van der Waals surface area contributed by atoms with E-state index < -0.39 is 0 Å². The molecule has 0 spiro atoms. The average Bonchev–Trinajstić information content (AvgIpc) is 2.27. The lowest BCUT2D eigenvalue weighted by Gasteiger charge is -2.08. The summed E-state index contributed by atoms with van der Waals surface area (Å²) in [5.74, 6) is 0.206. The molecule has 2 nitrogen and oxygen atoms in total. The topological polar surface area (TPSA) is 40.5 Å². The highest BCUT2D eigenvalue weighted by molar-refractivity contribution is 9.10. The third-order valence-corrected chi connectivity index (χ3v) is 2.84. The van der Waals surface area contributed by atoms with Gasteiger partial charge in [-0.15, -0.1) is 0 Å². The van der Waals surface area contributed by atoms with Gasteiger partial charge in [0.1, 0.15) is 5.75 Å². The molecule has 2 rings (SSSR count). The summed E-state index contributed by atoms with van der Waals surface area (Å²) in [5.41, 5.74) is 2.66. The summed E-state index contributed by atoms with van der Waals surface area (Å²) >= 11 is 3.33. The maximum Gasteiger partial charge on any atom is 0.117 e. The molecule has 2 aromatic rings. The van der Waals surface area contributed by atoms with E-state index in [2.05, 4.69) is 15.9 Å². The van der Waals surface area contributed by atoms with Gasteiger partial charge in [0, 0.05) is 4.47 Å². The number of phenols is 1. The molecule has 0 aliphatic heterocycles. The fourth-order valence-electron chi connectivity index (χ4n) is 1.67. The Morgan fingerprint density at radius 2 is 1.81 bits per heavy atom. The van der Waals surface area contributed by atoms with Crippen molar-refractivity contribution in [1.82, 2.24) is 0 Å². The summed E-state index contributed by atoms with van der Waals surface area (Å²) in [6, 6.07) is 12.8. The zero-order chi connectivity index (χ0) is 11.5. The Bertz CT molecular complexity index is 489. The van der Waals surface area contributed by atoms with E-state index in [1.54, 1.807) is 12.1 Å². The molecule has 0 heterocycles. The van der Waals surface area contributed by atoms with Crippen molar-refractivity contribution in [3.05, 3.63) is 52.5 Å². The van der Waals surface area contributed by atoms with Crippen molar-refractivity contribution in [2.24, 2.45) is 0 Å². The Morgan fingerprint density at radius 1 is 1.06 bits per heavy atom. The molecule has 0 radical (unpaired) electrons. The largest absolute Gasteiger partial charge is 0.508 e. The molecule has 0 saturated heterocycles. The number of aliphatic hydroxyl groups is 1. The molecule has 0 aliphatic rings. The number of aliphatic hydroxyl groups excluding tert-OH is 1. The monoisotopic (exact) mass is 278 g/mol. The number of hydrogen-bond donors (Lipinski definition) is 2. The summed E-state index contributed by atoms with van der Waals surface area (Å²) in [7, 11) is 0. The van der Waals surface area contributed by atoms with Gasteiger partial charge in [-0.25, -0.2) is 0 Å². The normalized spacial score (nSPS) is 10.4. The average molecular weight is 279 g/mol. The number of aromatic hydroxyl groups is 1. The Kier molecular flexibility index (Phi) is 3.27. The minimum atomic E-state index is -0.0105. The smallest absolute Gasteiger partial charge is 0.117 e. The number of benzene rings is 2. The second kappa shape index (κ2) is 4.68. The van der Waals surface area contributed by atoms with Gasteiger partial charge in [0.2, 0.25) is 0 Å². The molecule has 0 atom stereocenters. The summed E-state index contributed by atoms with van der Waals surface area (Å²) in [5, 5.41) is 18.8. The van der Waals surface area contributed by atoms with Crippen LogP contribution in [-0.4, -0.2) is 10.2 Å². The zero-order valence-electron chi connectivity index (χ0n) is 8.52. The summed E-state index contributed by atoms with van der Waals surface area (Å²) in [6.45, 7) is -0.0105. The van der Waals surface area contributed by atoms with Gasteiger partial charge < -0.3 is 10.2 Å². The highest BCUT2D eigenvalue weighted by Gasteiger charge is 2.05. The van der Waals surface area contributed by atoms with E-state index in [0.29, 0.717) is 0 Å². The molecule has 0 bridgehead atoms. The van der Waals surface area contributed by atoms with Crippen LogP contribution in [0.15, 0.2) is 46.9 Å². The third-order valence-electron chi connectivity index (χ3n) is 2.38. The first-order chi connectivity index (χ1) is 7.70. The second-order valence-electron chi connectivity index (χ2n) is 3.51. The summed E-state index contributed by atoms with van der Waals surface area (Å²) in [6.07, 6.45) is 0. The van der Waals surface area contributed by atoms with Crippen LogP contribution in [0, 0.1) is 0 Å². The molecule has 0 unspecified atom stereocenters. The van der Waals surface area contributed by atoms with E-state index >= 15 is 0 Å². The van der Waals surface area contributed by atoms with Gasteiger partial charge in [-0.2, -0.15) is 0 Å². The quantitative estimate of drug-likeness (QED) is 0.885. The predicted molar refractivity (Wildman–Crippen MR) is 67.2 cm³/mol. The van der Waals surface area contributed by atoms with E-state index in [0.717, 1.165) is 21.2 Å². The van der Waals surface area contributed by atoms with E-state index in [-0.39, 0.29) is 12.4 Å². The maximum absolute atomic E-state index is 9.53. The van der Waals surface area contributed by atoms with Gasteiger partial charge >= 0.3 is 0 Å². The van der Waals surface area contributed by atoms with Crippen molar-refractivity contribution in [2.45, 2.75) is 6.61 Å². The Morgan fingerprint density at radius 3 is 2.50 bits per heavy atom. The van der Waals surface area contributed by atoms with Gasteiger partial charge in [-0.05, 0) is 34.9 Å².